The highest BCUT2D eigenvalue weighted by Crippen LogP contribution is 2.26. The normalized spacial score (nSPS) is 15.0. The molecule has 2 N–H and O–H groups in total. The summed E-state index contributed by atoms with van der Waals surface area (Å²) < 4.78 is 0. The molecule has 3 rings (SSSR count). The average Bonchev–Trinajstić information content (AvgIpc) is 3.27. The van der Waals surface area contributed by atoms with Crippen molar-refractivity contribution in [2.45, 2.75) is 51.6 Å². The fourth-order valence-corrected chi connectivity index (χ4v) is 4.04. The minimum atomic E-state index is 0.0578. The van der Waals surface area contributed by atoms with Crippen molar-refractivity contribution in [2.24, 2.45) is 0 Å². The van der Waals surface area contributed by atoms with Crippen LogP contribution in [-0.2, 0) is 13.0 Å². The maximum Gasteiger partial charge on any atom is 0.317 e. The first-order chi connectivity index (χ1) is 11.2. The van der Waals surface area contributed by atoms with Crippen molar-refractivity contribution in [3.8, 4) is 0 Å². The van der Waals surface area contributed by atoms with E-state index in [0.717, 1.165) is 31.5 Å². The lowest BCUT2D eigenvalue weighted by Crippen LogP contribution is -2.45. The van der Waals surface area contributed by atoms with E-state index in [-0.39, 0.29) is 6.03 Å². The van der Waals surface area contributed by atoms with Crippen LogP contribution < -0.4 is 5.32 Å². The third kappa shape index (κ3) is 4.34. The van der Waals surface area contributed by atoms with E-state index >= 15 is 0 Å². The van der Waals surface area contributed by atoms with Crippen LogP contribution in [0.25, 0.3) is 0 Å². The van der Waals surface area contributed by atoms with Crippen LogP contribution in [-0.4, -0.2) is 33.5 Å². The van der Waals surface area contributed by atoms with Gasteiger partial charge in [-0.2, -0.15) is 0 Å². The van der Waals surface area contributed by atoms with Crippen molar-refractivity contribution < 1.29 is 4.79 Å². The highest BCUT2D eigenvalue weighted by Gasteiger charge is 2.26. The molecule has 0 saturated heterocycles. The Morgan fingerprint density at radius 3 is 2.91 bits per heavy atom. The molecule has 2 amide bonds. The summed E-state index contributed by atoms with van der Waals surface area (Å²) in [4.78, 5) is 24.3. The van der Waals surface area contributed by atoms with Gasteiger partial charge in [0.05, 0.1) is 12.9 Å². The molecule has 0 aromatic carbocycles. The second-order valence-corrected chi connectivity index (χ2v) is 7.51. The van der Waals surface area contributed by atoms with E-state index in [1.54, 1.807) is 23.9 Å². The lowest BCUT2D eigenvalue weighted by atomic mass is 10.2. The topological polar surface area (TPSA) is 61.0 Å². The Kier molecular flexibility index (Phi) is 5.33. The van der Waals surface area contributed by atoms with Crippen LogP contribution in [0.1, 0.15) is 41.1 Å². The van der Waals surface area contributed by atoms with Crippen LogP contribution in [0.2, 0.25) is 0 Å². The number of thiophene rings is 1. The number of aromatic nitrogens is 2. The first-order valence-electron chi connectivity index (χ1n) is 8.29. The number of aryl methyl sites for hydroxylation is 1. The maximum atomic E-state index is 12.7. The predicted octanol–water partition coefficient (Wildman–Crippen LogP) is 3.48. The monoisotopic (exact) mass is 332 g/mol. The molecule has 2 aromatic rings. The number of amides is 2. The van der Waals surface area contributed by atoms with E-state index in [0.29, 0.717) is 12.6 Å². The number of hydrogen-bond donors (Lipinski definition) is 2. The fourth-order valence-electron chi connectivity index (χ4n) is 3.15. The van der Waals surface area contributed by atoms with Crippen molar-refractivity contribution >= 4 is 17.4 Å². The maximum absolute atomic E-state index is 12.7. The largest absolute Gasteiger partial charge is 0.348 e. The van der Waals surface area contributed by atoms with Gasteiger partial charge in [-0.3, -0.25) is 0 Å². The molecule has 1 aliphatic carbocycles. The molecule has 1 fully saturated rings. The first kappa shape index (κ1) is 16.1. The third-order valence-electron chi connectivity index (χ3n) is 4.37. The predicted molar refractivity (Wildman–Crippen MR) is 92.5 cm³/mol. The van der Waals surface area contributed by atoms with Crippen LogP contribution in [0.5, 0.6) is 0 Å². The SMILES string of the molecule is Cc1ccc(CN(C(=O)NCCc2cnc[nH]2)C2CCCC2)s1. The minimum absolute atomic E-state index is 0.0578. The molecule has 5 nitrogen and oxygen atoms in total. The van der Waals surface area contributed by atoms with Crippen LogP contribution in [0.3, 0.4) is 0 Å². The van der Waals surface area contributed by atoms with Crippen molar-refractivity contribution in [1.29, 1.82) is 0 Å². The summed E-state index contributed by atoms with van der Waals surface area (Å²) in [6.45, 7) is 3.46. The van der Waals surface area contributed by atoms with Gasteiger partial charge in [-0.15, -0.1) is 11.3 Å². The fraction of sp³-hybridized carbons (Fsp3) is 0.529. The molecular weight excluding hydrogens is 308 g/mol. The van der Waals surface area contributed by atoms with Crippen molar-refractivity contribution in [3.63, 3.8) is 0 Å². The van der Waals surface area contributed by atoms with Crippen LogP contribution in [0, 0.1) is 6.92 Å². The van der Waals surface area contributed by atoms with E-state index < -0.39 is 0 Å². The van der Waals surface area contributed by atoms with Gasteiger partial charge in [-0.05, 0) is 31.9 Å². The number of aromatic amines is 1. The van der Waals surface area contributed by atoms with Gasteiger partial charge in [0.15, 0.2) is 0 Å². The van der Waals surface area contributed by atoms with E-state index in [9.17, 15) is 4.79 Å². The molecule has 2 heterocycles. The van der Waals surface area contributed by atoms with E-state index in [1.165, 1.54) is 22.6 Å². The standard InChI is InChI=1S/C17H24N4OS/c1-13-6-7-16(23-13)11-21(15-4-2-3-5-15)17(22)19-9-8-14-10-18-12-20-14/h6-7,10,12,15H,2-5,8-9,11H2,1H3,(H,18,20)(H,19,22). The number of carbonyl (C=O) groups is 1. The van der Waals surface area contributed by atoms with E-state index in [1.807, 2.05) is 4.90 Å². The molecule has 0 unspecified atom stereocenters. The average molecular weight is 332 g/mol. The molecule has 1 saturated carbocycles. The van der Waals surface area contributed by atoms with Gasteiger partial charge in [-0.25, -0.2) is 9.78 Å². The number of H-pyrrole nitrogens is 1. The lowest BCUT2D eigenvalue weighted by molar-refractivity contribution is 0.172. The second kappa shape index (κ2) is 7.64. The van der Waals surface area contributed by atoms with E-state index in [2.05, 4.69) is 34.3 Å². The third-order valence-corrected chi connectivity index (χ3v) is 5.36. The number of nitrogens with zero attached hydrogens (tertiary/aromatic N) is 2. The number of rotatable bonds is 6. The summed E-state index contributed by atoms with van der Waals surface area (Å²) in [5.74, 6) is 0. The number of nitrogens with one attached hydrogen (secondary N) is 2. The van der Waals surface area contributed by atoms with Crippen LogP contribution >= 0.6 is 11.3 Å². The van der Waals surface area contributed by atoms with Crippen LogP contribution in [0.15, 0.2) is 24.7 Å². The Balaban J connectivity index is 1.58. The number of hydrogen-bond acceptors (Lipinski definition) is 3. The Labute approximate surface area is 141 Å². The summed E-state index contributed by atoms with van der Waals surface area (Å²) >= 11 is 1.78. The summed E-state index contributed by atoms with van der Waals surface area (Å²) in [5, 5.41) is 3.07. The van der Waals surface area contributed by atoms with Crippen molar-refractivity contribution in [3.05, 3.63) is 40.1 Å². The second-order valence-electron chi connectivity index (χ2n) is 6.14. The molecule has 0 spiro atoms. The van der Waals surface area contributed by atoms with E-state index in [4.69, 9.17) is 0 Å². The summed E-state index contributed by atoms with van der Waals surface area (Å²) in [6.07, 6.45) is 8.95. The zero-order valence-corrected chi connectivity index (χ0v) is 14.4. The van der Waals surface area contributed by atoms with Crippen molar-refractivity contribution in [2.75, 3.05) is 6.54 Å². The molecule has 124 valence electrons. The Hall–Kier alpha value is -1.82. The number of carbonyl (C=O) groups excluding carboxylic acids is 1. The molecule has 23 heavy (non-hydrogen) atoms. The summed E-state index contributed by atoms with van der Waals surface area (Å²) in [5.41, 5.74) is 1.05. The van der Waals surface area contributed by atoms with Gasteiger partial charge in [0.2, 0.25) is 0 Å². The molecule has 0 bridgehead atoms. The zero-order valence-electron chi connectivity index (χ0n) is 13.5. The Morgan fingerprint density at radius 1 is 1.43 bits per heavy atom. The molecule has 6 heteroatoms. The number of imidazole rings is 1. The molecular formula is C17H24N4OS. The summed E-state index contributed by atoms with van der Waals surface area (Å²) in [7, 11) is 0. The van der Waals surface area contributed by atoms with Crippen molar-refractivity contribution in [1.82, 2.24) is 20.2 Å². The highest BCUT2D eigenvalue weighted by atomic mass is 32.1. The van der Waals surface area contributed by atoms with Gasteiger partial charge in [0, 0.05) is 40.7 Å². The van der Waals surface area contributed by atoms with Gasteiger partial charge >= 0.3 is 6.03 Å². The lowest BCUT2D eigenvalue weighted by Gasteiger charge is -2.28. The van der Waals surface area contributed by atoms with Gasteiger partial charge in [-0.1, -0.05) is 12.8 Å². The molecule has 2 aromatic heterocycles. The number of urea groups is 1. The molecule has 0 radical (unpaired) electrons. The summed E-state index contributed by atoms with van der Waals surface area (Å²) in [6, 6.07) is 4.70. The molecule has 0 aliphatic heterocycles. The first-order valence-corrected chi connectivity index (χ1v) is 9.11. The van der Waals surface area contributed by atoms with Gasteiger partial charge < -0.3 is 15.2 Å². The molecule has 0 atom stereocenters. The van der Waals surface area contributed by atoms with Gasteiger partial charge in [0.25, 0.3) is 0 Å². The minimum Gasteiger partial charge on any atom is -0.348 e. The molecule has 1 aliphatic rings. The Morgan fingerprint density at radius 2 is 2.26 bits per heavy atom. The van der Waals surface area contributed by atoms with Crippen LogP contribution in [0.4, 0.5) is 4.79 Å². The zero-order chi connectivity index (χ0) is 16.1. The quantitative estimate of drug-likeness (QED) is 0.851. The highest BCUT2D eigenvalue weighted by molar-refractivity contribution is 7.11. The van der Waals surface area contributed by atoms with Gasteiger partial charge in [0.1, 0.15) is 0 Å². The smallest absolute Gasteiger partial charge is 0.317 e. The Bertz CT molecular complexity index is 616.